The minimum absolute atomic E-state index is 0.0580. The molecule has 0 radical (unpaired) electrons. The van der Waals surface area contributed by atoms with E-state index in [-0.39, 0.29) is 29.5 Å². The molecule has 1 saturated heterocycles. The zero-order valence-electron chi connectivity index (χ0n) is 22.2. The van der Waals surface area contributed by atoms with Gasteiger partial charge in [0.25, 0.3) is 17.7 Å². The summed E-state index contributed by atoms with van der Waals surface area (Å²) in [6.45, 7) is 2.05. The second kappa shape index (κ2) is 12.3. The highest BCUT2D eigenvalue weighted by Crippen LogP contribution is 2.30. The number of carbonyl (C=O) groups is 3. The molecule has 1 aromatic heterocycles. The fourth-order valence-electron chi connectivity index (χ4n) is 5.24. The number of halogens is 1. The normalized spacial score (nSPS) is 19.1. The molecule has 1 aliphatic heterocycles. The Morgan fingerprint density at radius 2 is 1.52 bits per heavy atom. The van der Waals surface area contributed by atoms with Crippen LogP contribution in [0.2, 0.25) is 0 Å². The molecule has 2 fully saturated rings. The van der Waals surface area contributed by atoms with Gasteiger partial charge in [0.15, 0.2) is 0 Å². The largest absolute Gasteiger partial charge is 0.366 e. The summed E-state index contributed by atoms with van der Waals surface area (Å²) in [6.07, 6.45) is 6.59. The molecule has 10 heteroatoms. The molecule has 40 heavy (non-hydrogen) atoms. The molecule has 2 heterocycles. The number of rotatable bonds is 6. The lowest BCUT2D eigenvalue weighted by Crippen LogP contribution is -2.49. The fourth-order valence-corrected chi connectivity index (χ4v) is 5.24. The molecule has 1 saturated carbocycles. The van der Waals surface area contributed by atoms with Crippen LogP contribution in [-0.4, -0.2) is 65.9 Å². The van der Waals surface area contributed by atoms with Gasteiger partial charge in [0.05, 0.1) is 11.4 Å². The minimum atomic E-state index is -0.511. The number of hydrogen-bond acceptors (Lipinski definition) is 6. The summed E-state index contributed by atoms with van der Waals surface area (Å²) in [6, 6.07) is 14.3. The molecule has 2 aliphatic rings. The van der Waals surface area contributed by atoms with Crippen LogP contribution in [0.25, 0.3) is 0 Å². The monoisotopic (exact) mass is 544 g/mol. The maximum absolute atomic E-state index is 13.8. The highest BCUT2D eigenvalue weighted by atomic mass is 19.1. The third-order valence-electron chi connectivity index (χ3n) is 7.54. The predicted octanol–water partition coefficient (Wildman–Crippen LogP) is 3.44. The highest BCUT2D eigenvalue weighted by molar-refractivity contribution is 6.07. The first-order valence-electron chi connectivity index (χ1n) is 13.6. The molecule has 3 amide bonds. The van der Waals surface area contributed by atoms with Crippen LogP contribution in [0.5, 0.6) is 0 Å². The van der Waals surface area contributed by atoms with E-state index >= 15 is 0 Å². The molecule has 0 bridgehead atoms. The summed E-state index contributed by atoms with van der Waals surface area (Å²) in [7, 11) is 0. The standard InChI is InChI=1S/C30H33FN6O3/c31-23-3-1-2-21(18-23)29(39)35-26-19-22(28(38)34-25-7-5-24(32)6-8-25)4-9-27(26)36-14-16-37(17-15-36)30(40)20-10-12-33-13-11-20/h1-4,9-13,18-19,24-25H,5-8,14-17,32H2,(H,34,38)(H,35,39). The molecule has 0 spiro atoms. The molecule has 4 N–H and O–H groups in total. The molecule has 1 aliphatic carbocycles. The Morgan fingerprint density at radius 1 is 0.825 bits per heavy atom. The molecule has 0 atom stereocenters. The van der Waals surface area contributed by atoms with Crippen molar-refractivity contribution in [3.63, 3.8) is 0 Å². The van der Waals surface area contributed by atoms with Gasteiger partial charge in [-0.05, 0) is 74.2 Å². The van der Waals surface area contributed by atoms with E-state index in [4.69, 9.17) is 5.73 Å². The lowest BCUT2D eigenvalue weighted by atomic mass is 9.91. The van der Waals surface area contributed by atoms with Gasteiger partial charge in [-0.3, -0.25) is 19.4 Å². The van der Waals surface area contributed by atoms with Gasteiger partial charge < -0.3 is 26.2 Å². The van der Waals surface area contributed by atoms with Crippen molar-refractivity contribution < 1.29 is 18.8 Å². The van der Waals surface area contributed by atoms with Crippen LogP contribution in [0, 0.1) is 5.82 Å². The molecule has 2 aromatic carbocycles. The Bertz CT molecular complexity index is 1370. The van der Waals surface area contributed by atoms with Gasteiger partial charge >= 0.3 is 0 Å². The zero-order chi connectivity index (χ0) is 28.1. The summed E-state index contributed by atoms with van der Waals surface area (Å²) in [5, 5.41) is 5.97. The van der Waals surface area contributed by atoms with Crippen molar-refractivity contribution in [2.75, 3.05) is 36.4 Å². The van der Waals surface area contributed by atoms with Gasteiger partial charge in [0.2, 0.25) is 0 Å². The highest BCUT2D eigenvalue weighted by Gasteiger charge is 2.26. The molecule has 9 nitrogen and oxygen atoms in total. The molecule has 3 aromatic rings. The number of nitrogens with one attached hydrogen (secondary N) is 2. The fraction of sp³-hybridized carbons (Fsp3) is 0.333. The van der Waals surface area contributed by atoms with Gasteiger partial charge in [-0.2, -0.15) is 0 Å². The van der Waals surface area contributed by atoms with E-state index in [9.17, 15) is 18.8 Å². The number of nitrogens with two attached hydrogens (primary N) is 1. The molecular weight excluding hydrogens is 511 g/mol. The average molecular weight is 545 g/mol. The maximum atomic E-state index is 13.8. The summed E-state index contributed by atoms with van der Waals surface area (Å²) in [5.41, 5.74) is 8.34. The van der Waals surface area contributed by atoms with Gasteiger partial charge in [0, 0.05) is 67.3 Å². The number of piperazine rings is 1. The van der Waals surface area contributed by atoms with E-state index in [1.54, 1.807) is 41.6 Å². The third-order valence-corrected chi connectivity index (χ3v) is 7.54. The van der Waals surface area contributed by atoms with Crippen LogP contribution in [0.15, 0.2) is 67.0 Å². The lowest BCUT2D eigenvalue weighted by molar-refractivity contribution is 0.0746. The Morgan fingerprint density at radius 3 is 2.23 bits per heavy atom. The number of benzene rings is 2. The summed E-state index contributed by atoms with van der Waals surface area (Å²) in [5.74, 6) is -1.27. The smallest absolute Gasteiger partial charge is 0.255 e. The van der Waals surface area contributed by atoms with E-state index in [2.05, 4.69) is 20.5 Å². The van der Waals surface area contributed by atoms with Gasteiger partial charge in [-0.25, -0.2) is 4.39 Å². The van der Waals surface area contributed by atoms with E-state index in [1.165, 1.54) is 24.3 Å². The first kappa shape index (κ1) is 27.3. The minimum Gasteiger partial charge on any atom is -0.366 e. The Balaban J connectivity index is 1.34. The van der Waals surface area contributed by atoms with Crippen LogP contribution in [0.3, 0.4) is 0 Å². The van der Waals surface area contributed by atoms with Crippen molar-refractivity contribution in [3.05, 3.63) is 89.5 Å². The maximum Gasteiger partial charge on any atom is 0.255 e. The van der Waals surface area contributed by atoms with Crippen LogP contribution >= 0.6 is 0 Å². The molecular formula is C30H33FN6O3. The van der Waals surface area contributed by atoms with Crippen molar-refractivity contribution in [2.24, 2.45) is 5.73 Å². The number of nitrogens with zero attached hydrogens (tertiary/aromatic N) is 3. The third kappa shape index (κ3) is 6.45. The molecule has 0 unspecified atom stereocenters. The van der Waals surface area contributed by atoms with E-state index in [0.717, 1.165) is 31.4 Å². The van der Waals surface area contributed by atoms with Gasteiger partial charge in [-0.1, -0.05) is 6.07 Å². The number of pyridine rings is 1. The Labute approximate surface area is 232 Å². The Hall–Kier alpha value is -4.31. The summed E-state index contributed by atoms with van der Waals surface area (Å²) >= 11 is 0. The van der Waals surface area contributed by atoms with Crippen LogP contribution in [0.1, 0.15) is 56.8 Å². The molecule has 5 rings (SSSR count). The number of aromatic nitrogens is 1. The second-order valence-corrected chi connectivity index (χ2v) is 10.3. The number of carbonyl (C=O) groups excluding carboxylic acids is 3. The number of hydrogen-bond donors (Lipinski definition) is 3. The summed E-state index contributed by atoms with van der Waals surface area (Å²) in [4.78, 5) is 46.9. The van der Waals surface area contributed by atoms with Crippen molar-refractivity contribution >= 4 is 29.1 Å². The topological polar surface area (TPSA) is 121 Å². The quantitative estimate of drug-likeness (QED) is 0.437. The average Bonchev–Trinajstić information content (AvgIpc) is 2.98. The van der Waals surface area contributed by atoms with Crippen molar-refractivity contribution in [1.29, 1.82) is 0 Å². The number of anilines is 2. The van der Waals surface area contributed by atoms with Crippen LogP contribution < -0.4 is 21.3 Å². The van der Waals surface area contributed by atoms with E-state index in [1.807, 2.05) is 6.07 Å². The van der Waals surface area contributed by atoms with Crippen molar-refractivity contribution in [3.8, 4) is 0 Å². The second-order valence-electron chi connectivity index (χ2n) is 10.3. The van der Waals surface area contributed by atoms with E-state index < -0.39 is 11.7 Å². The number of amides is 3. The first-order valence-corrected chi connectivity index (χ1v) is 13.6. The predicted molar refractivity (Wildman–Crippen MR) is 151 cm³/mol. The van der Waals surface area contributed by atoms with E-state index in [0.29, 0.717) is 43.0 Å². The van der Waals surface area contributed by atoms with Crippen molar-refractivity contribution in [2.45, 2.75) is 37.8 Å². The lowest BCUT2D eigenvalue weighted by Gasteiger charge is -2.37. The zero-order valence-corrected chi connectivity index (χ0v) is 22.2. The van der Waals surface area contributed by atoms with Crippen LogP contribution in [0.4, 0.5) is 15.8 Å². The summed E-state index contributed by atoms with van der Waals surface area (Å²) < 4.78 is 13.8. The van der Waals surface area contributed by atoms with Crippen molar-refractivity contribution in [1.82, 2.24) is 15.2 Å². The molecule has 208 valence electrons. The van der Waals surface area contributed by atoms with Gasteiger partial charge in [0.1, 0.15) is 5.82 Å². The SMILES string of the molecule is NC1CCC(NC(=O)c2ccc(N3CCN(C(=O)c4ccncc4)CC3)c(NC(=O)c3cccc(F)c3)c2)CC1. The Kier molecular flexibility index (Phi) is 8.35. The first-order chi connectivity index (χ1) is 19.4. The van der Waals surface area contributed by atoms with Gasteiger partial charge in [-0.15, -0.1) is 0 Å². The van der Waals surface area contributed by atoms with Crippen LogP contribution in [-0.2, 0) is 0 Å².